The Morgan fingerprint density at radius 3 is 2.76 bits per heavy atom. The summed E-state index contributed by atoms with van der Waals surface area (Å²) >= 11 is 0. The Morgan fingerprint density at radius 1 is 1.28 bits per heavy atom. The van der Waals surface area contributed by atoms with Crippen LogP contribution in [0.2, 0.25) is 0 Å². The zero-order valence-corrected chi connectivity index (χ0v) is 14.5. The number of hydrogen-bond donors (Lipinski definition) is 2. The van der Waals surface area contributed by atoms with E-state index in [2.05, 4.69) is 22.2 Å². The van der Waals surface area contributed by atoms with Crippen LogP contribution >= 0.6 is 0 Å². The molecule has 1 aliphatic carbocycles. The SMILES string of the molecule is C=CCNC(=O)c1ccc(NC2CCN(C(=O)C3CCCC3)C2)nc1. The van der Waals surface area contributed by atoms with Gasteiger partial charge < -0.3 is 15.5 Å². The highest BCUT2D eigenvalue weighted by molar-refractivity contribution is 5.94. The van der Waals surface area contributed by atoms with Crippen molar-refractivity contribution >= 4 is 17.6 Å². The van der Waals surface area contributed by atoms with Crippen molar-refractivity contribution in [2.75, 3.05) is 25.0 Å². The summed E-state index contributed by atoms with van der Waals surface area (Å²) in [7, 11) is 0. The van der Waals surface area contributed by atoms with Crippen LogP contribution < -0.4 is 10.6 Å². The minimum absolute atomic E-state index is 0.159. The van der Waals surface area contributed by atoms with Gasteiger partial charge in [-0.2, -0.15) is 0 Å². The van der Waals surface area contributed by atoms with Crippen LogP contribution in [0.3, 0.4) is 0 Å². The van der Waals surface area contributed by atoms with Crippen molar-refractivity contribution in [1.29, 1.82) is 0 Å². The van der Waals surface area contributed by atoms with E-state index in [-0.39, 0.29) is 17.9 Å². The molecule has 1 aromatic heterocycles. The Balaban J connectivity index is 1.50. The molecule has 1 saturated carbocycles. The molecule has 0 radical (unpaired) electrons. The second-order valence-corrected chi connectivity index (χ2v) is 6.83. The second-order valence-electron chi connectivity index (χ2n) is 6.83. The first-order valence-electron chi connectivity index (χ1n) is 9.08. The van der Waals surface area contributed by atoms with E-state index < -0.39 is 0 Å². The lowest BCUT2D eigenvalue weighted by Gasteiger charge is -2.20. The molecule has 0 aromatic carbocycles. The lowest BCUT2D eigenvalue weighted by Crippen LogP contribution is -2.35. The van der Waals surface area contributed by atoms with Crippen LogP contribution in [0.25, 0.3) is 0 Å². The first kappa shape index (κ1) is 17.5. The van der Waals surface area contributed by atoms with Crippen LogP contribution in [-0.2, 0) is 4.79 Å². The first-order valence-corrected chi connectivity index (χ1v) is 9.08. The molecule has 0 spiro atoms. The highest BCUT2D eigenvalue weighted by atomic mass is 16.2. The molecule has 25 heavy (non-hydrogen) atoms. The number of carbonyl (C=O) groups is 2. The van der Waals surface area contributed by atoms with Gasteiger partial charge in [0.1, 0.15) is 5.82 Å². The maximum atomic E-state index is 12.5. The molecular weight excluding hydrogens is 316 g/mol. The van der Waals surface area contributed by atoms with Crippen molar-refractivity contribution in [2.45, 2.75) is 38.1 Å². The summed E-state index contributed by atoms with van der Waals surface area (Å²) in [5.74, 6) is 1.14. The van der Waals surface area contributed by atoms with Gasteiger partial charge in [-0.25, -0.2) is 4.98 Å². The summed E-state index contributed by atoms with van der Waals surface area (Å²) in [6, 6.07) is 3.78. The Kier molecular flexibility index (Phi) is 5.68. The van der Waals surface area contributed by atoms with Gasteiger partial charge in [0, 0.05) is 37.8 Å². The lowest BCUT2D eigenvalue weighted by molar-refractivity contribution is -0.134. The van der Waals surface area contributed by atoms with Gasteiger partial charge in [0.2, 0.25) is 5.91 Å². The fourth-order valence-corrected chi connectivity index (χ4v) is 3.60. The predicted octanol–water partition coefficient (Wildman–Crippen LogP) is 2.20. The van der Waals surface area contributed by atoms with Crippen molar-refractivity contribution < 1.29 is 9.59 Å². The van der Waals surface area contributed by atoms with E-state index in [0.717, 1.165) is 38.2 Å². The van der Waals surface area contributed by atoms with Crippen LogP contribution in [0, 0.1) is 5.92 Å². The van der Waals surface area contributed by atoms with Gasteiger partial charge in [0.05, 0.1) is 5.56 Å². The first-order chi connectivity index (χ1) is 12.2. The van der Waals surface area contributed by atoms with Crippen molar-refractivity contribution in [3.05, 3.63) is 36.5 Å². The van der Waals surface area contributed by atoms with Crippen LogP contribution in [0.15, 0.2) is 31.0 Å². The van der Waals surface area contributed by atoms with Crippen LogP contribution in [0.1, 0.15) is 42.5 Å². The summed E-state index contributed by atoms with van der Waals surface area (Å²) in [4.78, 5) is 30.6. The molecule has 6 heteroatoms. The van der Waals surface area contributed by atoms with Gasteiger partial charge in [-0.3, -0.25) is 9.59 Å². The van der Waals surface area contributed by atoms with E-state index in [4.69, 9.17) is 0 Å². The van der Waals surface area contributed by atoms with Gasteiger partial charge in [-0.05, 0) is 31.4 Å². The van der Waals surface area contributed by atoms with E-state index >= 15 is 0 Å². The molecule has 2 amide bonds. The molecule has 1 unspecified atom stereocenters. The van der Waals surface area contributed by atoms with E-state index in [1.54, 1.807) is 18.3 Å². The number of carbonyl (C=O) groups excluding carboxylic acids is 2. The number of aromatic nitrogens is 1. The largest absolute Gasteiger partial charge is 0.365 e. The fourth-order valence-electron chi connectivity index (χ4n) is 3.60. The maximum Gasteiger partial charge on any atom is 0.253 e. The number of amides is 2. The van der Waals surface area contributed by atoms with E-state index in [9.17, 15) is 9.59 Å². The van der Waals surface area contributed by atoms with Crippen LogP contribution in [-0.4, -0.2) is 47.4 Å². The molecule has 1 atom stereocenters. The Morgan fingerprint density at radius 2 is 2.08 bits per heavy atom. The highest BCUT2D eigenvalue weighted by Gasteiger charge is 2.32. The predicted molar refractivity (Wildman–Crippen MR) is 97.3 cm³/mol. The molecular formula is C19H26N4O2. The average molecular weight is 342 g/mol. The van der Waals surface area contributed by atoms with Gasteiger partial charge in [0.15, 0.2) is 0 Å². The third kappa shape index (κ3) is 4.38. The number of nitrogens with zero attached hydrogens (tertiary/aromatic N) is 2. The molecule has 1 aliphatic heterocycles. The summed E-state index contributed by atoms with van der Waals surface area (Å²) in [5.41, 5.74) is 0.525. The number of anilines is 1. The van der Waals surface area contributed by atoms with Crippen LogP contribution in [0.5, 0.6) is 0 Å². The Labute approximate surface area is 148 Å². The summed E-state index contributed by atoms with van der Waals surface area (Å²) in [6.07, 6.45) is 8.60. The molecule has 0 bridgehead atoms. The molecule has 2 heterocycles. The number of pyridine rings is 1. The van der Waals surface area contributed by atoms with Gasteiger partial charge in [-0.1, -0.05) is 18.9 Å². The van der Waals surface area contributed by atoms with Crippen LogP contribution in [0.4, 0.5) is 5.82 Å². The minimum Gasteiger partial charge on any atom is -0.365 e. The normalized spacial score (nSPS) is 20.5. The molecule has 3 rings (SSSR count). The topological polar surface area (TPSA) is 74.3 Å². The molecule has 2 fully saturated rings. The van der Waals surface area contributed by atoms with E-state index in [1.807, 2.05) is 11.0 Å². The molecule has 6 nitrogen and oxygen atoms in total. The van der Waals surface area contributed by atoms with Gasteiger partial charge in [-0.15, -0.1) is 6.58 Å². The number of hydrogen-bond acceptors (Lipinski definition) is 4. The van der Waals surface area contributed by atoms with E-state index in [0.29, 0.717) is 18.0 Å². The number of rotatable bonds is 6. The van der Waals surface area contributed by atoms with Crippen molar-refractivity contribution in [2.24, 2.45) is 5.92 Å². The van der Waals surface area contributed by atoms with Gasteiger partial charge in [0.25, 0.3) is 5.91 Å². The fraction of sp³-hybridized carbons (Fsp3) is 0.526. The van der Waals surface area contributed by atoms with E-state index in [1.165, 1.54) is 12.8 Å². The van der Waals surface area contributed by atoms with Crippen molar-refractivity contribution in [3.63, 3.8) is 0 Å². The molecule has 2 N–H and O–H groups in total. The number of nitrogens with one attached hydrogen (secondary N) is 2. The van der Waals surface area contributed by atoms with Crippen molar-refractivity contribution in [3.8, 4) is 0 Å². The lowest BCUT2D eigenvalue weighted by atomic mass is 10.1. The summed E-state index contributed by atoms with van der Waals surface area (Å²) in [5, 5.41) is 6.10. The Hall–Kier alpha value is -2.37. The quantitative estimate of drug-likeness (QED) is 0.777. The average Bonchev–Trinajstić information content (AvgIpc) is 3.32. The zero-order chi connectivity index (χ0) is 17.6. The monoisotopic (exact) mass is 342 g/mol. The highest BCUT2D eigenvalue weighted by Crippen LogP contribution is 2.28. The standard InChI is InChI=1S/C19H26N4O2/c1-2-10-20-18(24)15-7-8-17(21-12-15)22-16-9-11-23(13-16)19(25)14-5-3-4-6-14/h2,7-8,12,14,16H,1,3-6,9-11,13H2,(H,20,24)(H,21,22). The molecule has 1 saturated heterocycles. The summed E-state index contributed by atoms with van der Waals surface area (Å²) in [6.45, 7) is 5.56. The molecule has 1 aromatic rings. The zero-order valence-electron chi connectivity index (χ0n) is 14.5. The minimum atomic E-state index is -0.159. The summed E-state index contributed by atoms with van der Waals surface area (Å²) < 4.78 is 0. The number of likely N-dealkylation sites (tertiary alicyclic amines) is 1. The molecule has 134 valence electrons. The smallest absolute Gasteiger partial charge is 0.253 e. The van der Waals surface area contributed by atoms with Gasteiger partial charge >= 0.3 is 0 Å². The van der Waals surface area contributed by atoms with Crippen molar-refractivity contribution in [1.82, 2.24) is 15.2 Å². The third-order valence-electron chi connectivity index (χ3n) is 4.99. The third-order valence-corrected chi connectivity index (χ3v) is 4.99. The Bertz CT molecular complexity index is 623. The maximum absolute atomic E-state index is 12.5. The second kappa shape index (κ2) is 8.14. The molecule has 2 aliphatic rings.